The lowest BCUT2D eigenvalue weighted by molar-refractivity contribution is 0.0820. The van der Waals surface area contributed by atoms with E-state index in [1.165, 1.54) is 0 Å². The predicted octanol–water partition coefficient (Wildman–Crippen LogP) is 4.94. The molecule has 1 fully saturated rings. The number of pyridine rings is 1. The largest absolute Gasteiger partial charge is 0.377 e. The van der Waals surface area contributed by atoms with E-state index in [0.29, 0.717) is 29.6 Å². The van der Waals surface area contributed by atoms with Crippen molar-refractivity contribution in [2.24, 2.45) is 0 Å². The minimum atomic E-state index is -0.196. The fraction of sp³-hybridized carbons (Fsp3) is 0.429. The number of nitrogens with one attached hydrogen (secondary N) is 1. The number of hydrogen-bond acceptors (Lipinski definition) is 5. The lowest BCUT2D eigenvalue weighted by atomic mass is 10.1. The molecule has 0 radical (unpaired) electrons. The van der Waals surface area contributed by atoms with E-state index >= 15 is 0 Å². The molecule has 1 saturated heterocycles. The molecule has 0 saturated carbocycles. The third-order valence-corrected chi connectivity index (χ3v) is 6.11. The van der Waals surface area contributed by atoms with E-state index in [2.05, 4.69) is 10.2 Å². The number of amides is 1. The van der Waals surface area contributed by atoms with Gasteiger partial charge in [-0.05, 0) is 57.2 Å². The number of thioether (sulfide) groups is 1. The molecule has 1 aromatic carbocycles. The Hall–Kier alpha value is -1.76. The number of nitrogens with zero attached hydrogens (tertiary/aromatic N) is 2. The number of halogens is 1. The van der Waals surface area contributed by atoms with Gasteiger partial charge in [0.2, 0.25) is 0 Å². The second-order valence-corrected chi connectivity index (χ2v) is 8.26. The molecule has 0 spiro atoms. The predicted molar refractivity (Wildman–Crippen MR) is 117 cm³/mol. The van der Waals surface area contributed by atoms with Gasteiger partial charge in [0.05, 0.1) is 22.4 Å². The number of carbonyl (C=O) groups excluding carboxylic acids is 1. The Morgan fingerprint density at radius 2 is 2.18 bits per heavy atom. The van der Waals surface area contributed by atoms with E-state index in [4.69, 9.17) is 21.3 Å². The first-order valence-corrected chi connectivity index (χ1v) is 11.0. The number of rotatable bonds is 4. The van der Waals surface area contributed by atoms with E-state index < -0.39 is 0 Å². The molecule has 1 aromatic heterocycles. The fourth-order valence-corrected chi connectivity index (χ4v) is 3.99. The Morgan fingerprint density at radius 1 is 1.39 bits per heavy atom. The summed E-state index contributed by atoms with van der Waals surface area (Å²) in [6.07, 6.45) is 2.98. The summed E-state index contributed by atoms with van der Waals surface area (Å²) in [4.78, 5) is 21.2. The summed E-state index contributed by atoms with van der Waals surface area (Å²) in [5.41, 5.74) is 2.76. The van der Waals surface area contributed by atoms with E-state index in [1.54, 1.807) is 11.8 Å². The molecule has 1 aliphatic rings. The second-order valence-electron chi connectivity index (χ2n) is 7.00. The summed E-state index contributed by atoms with van der Waals surface area (Å²) in [6, 6.07) is 7.80. The number of ether oxygens (including phenoxy) is 1. The third kappa shape index (κ3) is 4.62. The van der Waals surface area contributed by atoms with Crippen molar-refractivity contribution in [3.8, 4) is 0 Å². The van der Waals surface area contributed by atoms with Crippen molar-refractivity contribution in [3.63, 3.8) is 0 Å². The summed E-state index contributed by atoms with van der Waals surface area (Å²) in [5, 5.41) is 3.55. The normalized spacial score (nSPS) is 17.3. The fourth-order valence-electron chi connectivity index (χ4n) is 3.39. The number of benzene rings is 1. The van der Waals surface area contributed by atoms with Gasteiger partial charge in [-0.25, -0.2) is 4.98 Å². The van der Waals surface area contributed by atoms with Crippen molar-refractivity contribution in [3.05, 3.63) is 46.1 Å². The van der Waals surface area contributed by atoms with Crippen LogP contribution in [0.25, 0.3) is 0 Å². The molecule has 0 bridgehead atoms. The molecule has 150 valence electrons. The number of aryl methyl sites for hydroxylation is 1. The van der Waals surface area contributed by atoms with Crippen molar-refractivity contribution in [1.82, 2.24) is 4.98 Å². The third-order valence-electron chi connectivity index (χ3n) is 4.83. The number of aromatic nitrogens is 1. The molecule has 1 atom stereocenters. The summed E-state index contributed by atoms with van der Waals surface area (Å²) in [7, 11) is 0. The zero-order valence-corrected chi connectivity index (χ0v) is 18.3. The van der Waals surface area contributed by atoms with Crippen LogP contribution in [0.2, 0.25) is 5.02 Å². The summed E-state index contributed by atoms with van der Waals surface area (Å²) in [6.45, 7) is 8.00. The highest BCUT2D eigenvalue weighted by molar-refractivity contribution is 7.98. The minimum absolute atomic E-state index is 0.0785. The van der Waals surface area contributed by atoms with Gasteiger partial charge < -0.3 is 15.0 Å². The van der Waals surface area contributed by atoms with Gasteiger partial charge in [0.1, 0.15) is 5.82 Å². The average molecular weight is 420 g/mol. The van der Waals surface area contributed by atoms with E-state index in [9.17, 15) is 4.79 Å². The molecule has 3 rings (SSSR count). The molecule has 5 nitrogen and oxygen atoms in total. The van der Waals surface area contributed by atoms with Crippen LogP contribution in [-0.4, -0.2) is 42.9 Å². The van der Waals surface area contributed by atoms with Gasteiger partial charge in [0.25, 0.3) is 5.91 Å². The van der Waals surface area contributed by atoms with Gasteiger partial charge in [-0.2, -0.15) is 0 Å². The molecule has 1 N–H and O–H groups in total. The highest BCUT2D eigenvalue weighted by Gasteiger charge is 2.26. The van der Waals surface area contributed by atoms with Crippen LogP contribution in [0, 0.1) is 13.8 Å². The van der Waals surface area contributed by atoms with Crippen molar-refractivity contribution >= 4 is 40.8 Å². The van der Waals surface area contributed by atoms with Crippen LogP contribution in [0.3, 0.4) is 0 Å². The Morgan fingerprint density at radius 3 is 2.93 bits per heavy atom. The van der Waals surface area contributed by atoms with Crippen molar-refractivity contribution in [2.75, 3.05) is 36.2 Å². The second kappa shape index (κ2) is 9.16. The molecule has 2 heterocycles. The summed E-state index contributed by atoms with van der Waals surface area (Å²) < 4.78 is 5.76. The SMILES string of the molecule is CSc1cccc(NC(=O)c2c(N3CCCOC(C)C3)nc(C)c(Cl)c2C)c1. The van der Waals surface area contributed by atoms with Gasteiger partial charge in [0.15, 0.2) is 0 Å². The van der Waals surface area contributed by atoms with Gasteiger partial charge in [0, 0.05) is 30.3 Å². The van der Waals surface area contributed by atoms with Crippen molar-refractivity contribution in [2.45, 2.75) is 38.2 Å². The maximum Gasteiger partial charge on any atom is 0.259 e. The summed E-state index contributed by atoms with van der Waals surface area (Å²) >= 11 is 8.10. The van der Waals surface area contributed by atoms with Crippen LogP contribution in [0.15, 0.2) is 29.2 Å². The lowest BCUT2D eigenvalue weighted by Crippen LogP contribution is -2.33. The lowest BCUT2D eigenvalue weighted by Gasteiger charge is -2.27. The molecular formula is C21H26ClN3O2S. The van der Waals surface area contributed by atoms with E-state index in [0.717, 1.165) is 34.8 Å². The van der Waals surface area contributed by atoms with Gasteiger partial charge in [-0.3, -0.25) is 4.79 Å². The molecule has 1 amide bonds. The first-order valence-electron chi connectivity index (χ1n) is 9.39. The molecule has 1 unspecified atom stereocenters. The molecule has 0 aliphatic carbocycles. The van der Waals surface area contributed by atoms with Gasteiger partial charge in [-0.15, -0.1) is 11.8 Å². The first-order chi connectivity index (χ1) is 13.4. The van der Waals surface area contributed by atoms with Crippen LogP contribution < -0.4 is 10.2 Å². The molecule has 1 aliphatic heterocycles. The molecule has 2 aromatic rings. The van der Waals surface area contributed by atoms with Crippen LogP contribution in [0.1, 0.15) is 35.0 Å². The standard InChI is InChI=1S/C21H26ClN3O2S/c1-13-12-25(9-6-10-27-13)20-18(14(2)19(22)15(3)23-20)21(26)24-16-7-5-8-17(11-16)28-4/h5,7-8,11,13H,6,9-10,12H2,1-4H3,(H,24,26). The maximum absolute atomic E-state index is 13.3. The Kier molecular flexibility index (Phi) is 6.86. The summed E-state index contributed by atoms with van der Waals surface area (Å²) in [5.74, 6) is 0.480. The minimum Gasteiger partial charge on any atom is -0.377 e. The van der Waals surface area contributed by atoms with E-state index in [-0.39, 0.29) is 12.0 Å². The number of hydrogen-bond donors (Lipinski definition) is 1. The highest BCUT2D eigenvalue weighted by Crippen LogP contribution is 2.31. The molecule has 28 heavy (non-hydrogen) atoms. The van der Waals surface area contributed by atoms with Crippen molar-refractivity contribution in [1.29, 1.82) is 0 Å². The average Bonchev–Trinajstić information content (AvgIpc) is 2.90. The highest BCUT2D eigenvalue weighted by atomic mass is 35.5. The monoisotopic (exact) mass is 419 g/mol. The Balaban J connectivity index is 2.00. The maximum atomic E-state index is 13.3. The number of carbonyl (C=O) groups is 1. The quantitative estimate of drug-likeness (QED) is 0.711. The smallest absolute Gasteiger partial charge is 0.259 e. The zero-order valence-electron chi connectivity index (χ0n) is 16.7. The van der Waals surface area contributed by atoms with Crippen LogP contribution in [0.5, 0.6) is 0 Å². The zero-order chi connectivity index (χ0) is 20.3. The van der Waals surface area contributed by atoms with Crippen LogP contribution in [-0.2, 0) is 4.74 Å². The molecule has 7 heteroatoms. The van der Waals surface area contributed by atoms with Crippen LogP contribution in [0.4, 0.5) is 11.5 Å². The molecular weight excluding hydrogens is 394 g/mol. The van der Waals surface area contributed by atoms with Crippen LogP contribution >= 0.6 is 23.4 Å². The van der Waals surface area contributed by atoms with Gasteiger partial charge >= 0.3 is 0 Å². The Labute approximate surface area is 175 Å². The van der Waals surface area contributed by atoms with E-state index in [1.807, 2.05) is 51.3 Å². The Bertz CT molecular complexity index is 875. The first kappa shape index (κ1) is 21.0. The topological polar surface area (TPSA) is 54.5 Å². The van der Waals surface area contributed by atoms with Crippen molar-refractivity contribution < 1.29 is 9.53 Å². The van der Waals surface area contributed by atoms with Gasteiger partial charge in [-0.1, -0.05) is 17.7 Å². The number of anilines is 2.